The smallest absolute Gasteiger partial charge is 0.0997 e. The van der Waals surface area contributed by atoms with Crippen LogP contribution in [0, 0.1) is 11.3 Å². The Kier molecular flexibility index (Phi) is 3.87. The molecule has 2 rings (SSSR count). The summed E-state index contributed by atoms with van der Waals surface area (Å²) in [5, 5.41) is 15.1. The van der Waals surface area contributed by atoms with Gasteiger partial charge in [0.25, 0.3) is 0 Å². The number of nitriles is 1. The highest BCUT2D eigenvalue weighted by Gasteiger charge is 2.17. The van der Waals surface area contributed by atoms with Crippen molar-refractivity contribution in [2.45, 2.75) is 38.8 Å². The van der Waals surface area contributed by atoms with E-state index in [1.165, 1.54) is 16.3 Å². The fourth-order valence-electron chi connectivity index (χ4n) is 2.34. The van der Waals surface area contributed by atoms with E-state index in [1.807, 2.05) is 12.1 Å². The molecule has 0 aliphatic carbocycles. The number of hydrogen-bond acceptors (Lipinski definition) is 2. The molecule has 1 unspecified atom stereocenters. The first kappa shape index (κ1) is 13.6. The van der Waals surface area contributed by atoms with Gasteiger partial charge in [-0.15, -0.1) is 0 Å². The number of nitrogens with one attached hydrogen (secondary N) is 1. The standard InChI is InChI=1S/C17H20N2/c1-17(2,3)19-15(12-18)11-14-9-6-8-13-7-4-5-10-16(13)14/h4-10,15,19H,11H2,1-3H3. The van der Waals surface area contributed by atoms with E-state index in [-0.39, 0.29) is 11.6 Å². The van der Waals surface area contributed by atoms with E-state index in [4.69, 9.17) is 0 Å². The Hall–Kier alpha value is -1.85. The quantitative estimate of drug-likeness (QED) is 0.904. The van der Waals surface area contributed by atoms with Crippen LogP contribution >= 0.6 is 0 Å². The molecule has 0 fully saturated rings. The van der Waals surface area contributed by atoms with Crippen LogP contribution in [0.4, 0.5) is 0 Å². The molecule has 2 aromatic carbocycles. The van der Waals surface area contributed by atoms with Crippen LogP contribution in [0.3, 0.4) is 0 Å². The van der Waals surface area contributed by atoms with Gasteiger partial charge in [-0.1, -0.05) is 42.5 Å². The molecule has 0 radical (unpaired) electrons. The highest BCUT2D eigenvalue weighted by molar-refractivity contribution is 5.85. The summed E-state index contributed by atoms with van der Waals surface area (Å²) in [7, 11) is 0. The van der Waals surface area contributed by atoms with Crippen molar-refractivity contribution in [3.8, 4) is 6.07 Å². The van der Waals surface area contributed by atoms with Crippen molar-refractivity contribution in [3.63, 3.8) is 0 Å². The molecule has 0 saturated carbocycles. The van der Waals surface area contributed by atoms with Gasteiger partial charge in [-0.05, 0) is 37.1 Å². The van der Waals surface area contributed by atoms with Gasteiger partial charge in [0.15, 0.2) is 0 Å². The zero-order valence-electron chi connectivity index (χ0n) is 11.8. The number of benzene rings is 2. The SMILES string of the molecule is CC(C)(C)NC(C#N)Cc1cccc2ccccc12. The van der Waals surface area contributed by atoms with E-state index in [0.717, 1.165) is 6.42 Å². The van der Waals surface area contributed by atoms with Crippen LogP contribution in [0.2, 0.25) is 0 Å². The number of nitrogens with zero attached hydrogens (tertiary/aromatic N) is 1. The second-order valence-electron chi connectivity index (χ2n) is 5.92. The van der Waals surface area contributed by atoms with Gasteiger partial charge in [0, 0.05) is 12.0 Å². The lowest BCUT2D eigenvalue weighted by Crippen LogP contribution is -2.44. The van der Waals surface area contributed by atoms with Crippen molar-refractivity contribution in [2.75, 3.05) is 0 Å². The molecule has 0 aromatic heterocycles. The summed E-state index contributed by atoms with van der Waals surface area (Å²) in [6.07, 6.45) is 0.731. The Bertz CT molecular complexity index is 597. The molecule has 1 atom stereocenters. The highest BCUT2D eigenvalue weighted by Crippen LogP contribution is 2.20. The van der Waals surface area contributed by atoms with Crippen LogP contribution in [0.5, 0.6) is 0 Å². The van der Waals surface area contributed by atoms with Crippen molar-refractivity contribution >= 4 is 10.8 Å². The number of fused-ring (bicyclic) bond motifs is 1. The fraction of sp³-hybridized carbons (Fsp3) is 0.353. The van der Waals surface area contributed by atoms with E-state index >= 15 is 0 Å². The second-order valence-corrected chi connectivity index (χ2v) is 5.92. The molecular formula is C17H20N2. The Morgan fingerprint density at radius 2 is 1.79 bits per heavy atom. The lowest BCUT2D eigenvalue weighted by atomic mass is 9.97. The van der Waals surface area contributed by atoms with Crippen molar-refractivity contribution < 1.29 is 0 Å². The monoisotopic (exact) mass is 252 g/mol. The Labute approximate surface area is 115 Å². The van der Waals surface area contributed by atoms with Gasteiger partial charge in [-0.25, -0.2) is 0 Å². The Morgan fingerprint density at radius 3 is 2.47 bits per heavy atom. The predicted octanol–water partition coefficient (Wildman–Crippen LogP) is 3.66. The van der Waals surface area contributed by atoms with Crippen LogP contribution < -0.4 is 5.32 Å². The molecule has 2 aromatic rings. The molecule has 0 spiro atoms. The molecule has 19 heavy (non-hydrogen) atoms. The Balaban J connectivity index is 2.28. The lowest BCUT2D eigenvalue weighted by molar-refractivity contribution is 0.394. The molecule has 0 aliphatic rings. The Morgan fingerprint density at radius 1 is 1.11 bits per heavy atom. The zero-order valence-corrected chi connectivity index (χ0v) is 11.8. The summed E-state index contributed by atoms with van der Waals surface area (Å²) in [6.45, 7) is 6.25. The van der Waals surface area contributed by atoms with E-state index in [1.54, 1.807) is 0 Å². The number of hydrogen-bond donors (Lipinski definition) is 1. The van der Waals surface area contributed by atoms with E-state index in [0.29, 0.717) is 0 Å². The molecule has 0 aliphatic heterocycles. The number of rotatable bonds is 3. The highest BCUT2D eigenvalue weighted by atomic mass is 15.0. The third-order valence-corrected chi connectivity index (χ3v) is 3.07. The van der Waals surface area contributed by atoms with Gasteiger partial charge in [-0.3, -0.25) is 5.32 Å². The maximum absolute atomic E-state index is 9.31. The van der Waals surface area contributed by atoms with Crippen LogP contribution in [0.1, 0.15) is 26.3 Å². The largest absolute Gasteiger partial charge is 0.297 e. The molecule has 0 heterocycles. The van der Waals surface area contributed by atoms with Crippen molar-refractivity contribution in [1.82, 2.24) is 5.32 Å². The molecule has 1 N–H and O–H groups in total. The second kappa shape index (κ2) is 5.42. The van der Waals surface area contributed by atoms with Gasteiger partial charge < -0.3 is 0 Å². The summed E-state index contributed by atoms with van der Waals surface area (Å²) in [5.41, 5.74) is 1.17. The lowest BCUT2D eigenvalue weighted by Gasteiger charge is -2.24. The summed E-state index contributed by atoms with van der Waals surface area (Å²) in [4.78, 5) is 0. The third kappa shape index (κ3) is 3.56. The van der Waals surface area contributed by atoms with Crippen molar-refractivity contribution in [2.24, 2.45) is 0 Å². The summed E-state index contributed by atoms with van der Waals surface area (Å²) in [5.74, 6) is 0. The molecule has 0 bridgehead atoms. The maximum Gasteiger partial charge on any atom is 0.0997 e. The first-order valence-electron chi connectivity index (χ1n) is 6.63. The maximum atomic E-state index is 9.31. The minimum atomic E-state index is -0.161. The fourth-order valence-corrected chi connectivity index (χ4v) is 2.34. The molecular weight excluding hydrogens is 232 g/mol. The molecule has 2 nitrogen and oxygen atoms in total. The molecule has 0 amide bonds. The first-order valence-corrected chi connectivity index (χ1v) is 6.63. The van der Waals surface area contributed by atoms with Gasteiger partial charge in [0.05, 0.1) is 12.1 Å². The van der Waals surface area contributed by atoms with Gasteiger partial charge >= 0.3 is 0 Å². The minimum absolute atomic E-state index is 0.0506. The molecule has 2 heteroatoms. The van der Waals surface area contributed by atoms with Crippen LogP contribution in [-0.4, -0.2) is 11.6 Å². The molecule has 98 valence electrons. The van der Waals surface area contributed by atoms with Gasteiger partial charge in [-0.2, -0.15) is 5.26 Å². The van der Waals surface area contributed by atoms with E-state index in [9.17, 15) is 5.26 Å². The topological polar surface area (TPSA) is 35.8 Å². The third-order valence-electron chi connectivity index (χ3n) is 3.07. The average Bonchev–Trinajstić information content (AvgIpc) is 2.37. The summed E-state index contributed by atoms with van der Waals surface area (Å²) in [6, 6.07) is 16.8. The van der Waals surface area contributed by atoms with E-state index in [2.05, 4.69) is 62.5 Å². The first-order chi connectivity index (χ1) is 8.99. The van der Waals surface area contributed by atoms with Gasteiger partial charge in [0.2, 0.25) is 0 Å². The average molecular weight is 252 g/mol. The van der Waals surface area contributed by atoms with Crippen LogP contribution in [0.25, 0.3) is 10.8 Å². The van der Waals surface area contributed by atoms with Crippen molar-refractivity contribution in [1.29, 1.82) is 5.26 Å². The van der Waals surface area contributed by atoms with Crippen LogP contribution in [0.15, 0.2) is 42.5 Å². The summed E-state index contributed by atoms with van der Waals surface area (Å²) >= 11 is 0. The molecule has 0 saturated heterocycles. The summed E-state index contributed by atoms with van der Waals surface area (Å²) < 4.78 is 0. The van der Waals surface area contributed by atoms with Gasteiger partial charge in [0.1, 0.15) is 0 Å². The zero-order chi connectivity index (χ0) is 13.9. The predicted molar refractivity (Wildman–Crippen MR) is 79.9 cm³/mol. The minimum Gasteiger partial charge on any atom is -0.297 e. The van der Waals surface area contributed by atoms with E-state index < -0.39 is 0 Å². The van der Waals surface area contributed by atoms with Crippen LogP contribution in [-0.2, 0) is 6.42 Å². The normalized spacial score (nSPS) is 13.2. The van der Waals surface area contributed by atoms with Crippen molar-refractivity contribution in [3.05, 3.63) is 48.0 Å².